The zero-order valence-corrected chi connectivity index (χ0v) is 16.1. The first-order chi connectivity index (χ1) is 11.3. The molecule has 0 saturated heterocycles. The van der Waals surface area contributed by atoms with Crippen molar-refractivity contribution in [3.63, 3.8) is 0 Å². The Morgan fingerprint density at radius 2 is 1.79 bits per heavy atom. The van der Waals surface area contributed by atoms with E-state index >= 15 is 0 Å². The van der Waals surface area contributed by atoms with Crippen molar-refractivity contribution in [2.45, 2.75) is 12.8 Å². The maximum absolute atomic E-state index is 13.5. The van der Waals surface area contributed by atoms with Crippen LogP contribution in [0.1, 0.15) is 18.3 Å². The van der Waals surface area contributed by atoms with Gasteiger partial charge in [0.25, 0.3) is 7.37 Å². The van der Waals surface area contributed by atoms with E-state index in [2.05, 4.69) is 0 Å². The van der Waals surface area contributed by atoms with Gasteiger partial charge in [-0.3, -0.25) is 4.57 Å². The fraction of sp³-hybridized carbons (Fsp3) is 0.294. The van der Waals surface area contributed by atoms with Crippen molar-refractivity contribution in [2.24, 2.45) is 0 Å². The summed E-state index contributed by atoms with van der Waals surface area (Å²) < 4.78 is 19.0. The van der Waals surface area contributed by atoms with E-state index < -0.39 is 13.2 Å². The average molecular weight is 388 g/mol. The number of hydrogen-bond donors (Lipinski definition) is 1. The van der Waals surface area contributed by atoms with Crippen LogP contribution in [-0.4, -0.2) is 25.8 Å². The predicted molar refractivity (Wildman–Crippen MR) is 101 cm³/mol. The molecular weight excluding hydrogens is 368 g/mol. The number of benzene rings is 2. The van der Waals surface area contributed by atoms with Crippen LogP contribution in [-0.2, 0) is 9.09 Å². The van der Waals surface area contributed by atoms with Gasteiger partial charge in [-0.1, -0.05) is 29.3 Å². The van der Waals surface area contributed by atoms with Gasteiger partial charge in [0.2, 0.25) is 0 Å². The highest BCUT2D eigenvalue weighted by Crippen LogP contribution is 2.58. The molecule has 0 unspecified atom stereocenters. The summed E-state index contributed by atoms with van der Waals surface area (Å²) in [6, 6.07) is 11.7. The van der Waals surface area contributed by atoms with Gasteiger partial charge < -0.3 is 14.5 Å². The summed E-state index contributed by atoms with van der Waals surface area (Å²) in [4.78, 5) is 1.93. The number of aliphatic hydroxyl groups excluding tert-OH is 1. The molecule has 24 heavy (non-hydrogen) atoms. The van der Waals surface area contributed by atoms with E-state index in [0.29, 0.717) is 15.9 Å². The zero-order chi connectivity index (χ0) is 17.9. The minimum absolute atomic E-state index is 0.203. The summed E-state index contributed by atoms with van der Waals surface area (Å²) in [5, 5.41) is 11.9. The van der Waals surface area contributed by atoms with Crippen LogP contribution in [0.4, 0.5) is 5.69 Å². The van der Waals surface area contributed by atoms with Crippen LogP contribution in [0.5, 0.6) is 0 Å². The monoisotopic (exact) mass is 387 g/mol. The first kappa shape index (κ1) is 19.3. The average Bonchev–Trinajstić information content (AvgIpc) is 2.54. The first-order valence-corrected chi connectivity index (χ1v) is 9.89. The molecule has 0 heterocycles. The maximum atomic E-state index is 13.5. The second-order valence-electron chi connectivity index (χ2n) is 5.47. The Kier molecular flexibility index (Phi) is 6.35. The lowest BCUT2D eigenvalue weighted by Gasteiger charge is -2.25. The lowest BCUT2D eigenvalue weighted by atomic mass is 10.2. The van der Waals surface area contributed by atoms with Crippen molar-refractivity contribution in [3.8, 4) is 0 Å². The second kappa shape index (κ2) is 7.90. The van der Waals surface area contributed by atoms with Crippen molar-refractivity contribution in [3.05, 3.63) is 58.1 Å². The number of halogens is 2. The highest BCUT2D eigenvalue weighted by atomic mass is 35.5. The molecule has 0 spiro atoms. The van der Waals surface area contributed by atoms with Gasteiger partial charge in [-0.15, -0.1) is 0 Å². The van der Waals surface area contributed by atoms with Crippen molar-refractivity contribution >= 4 is 41.6 Å². The van der Waals surface area contributed by atoms with E-state index in [1.807, 2.05) is 31.1 Å². The number of rotatable bonds is 6. The number of nitrogens with zero attached hydrogens (tertiary/aromatic N) is 1. The summed E-state index contributed by atoms with van der Waals surface area (Å²) in [7, 11) is 0.265. The Labute approximate surface area is 152 Å². The van der Waals surface area contributed by atoms with Gasteiger partial charge in [0.15, 0.2) is 5.85 Å². The SMILES string of the molecule is CCO[P@](=O)(c1ccc(N(C)C)cc1)[C@@H](O)c1ccc(Cl)cc1Cl. The van der Waals surface area contributed by atoms with Crippen molar-refractivity contribution in [2.75, 3.05) is 25.6 Å². The molecule has 2 aromatic rings. The minimum atomic E-state index is -3.57. The van der Waals surface area contributed by atoms with Crippen molar-refractivity contribution < 1.29 is 14.2 Å². The topological polar surface area (TPSA) is 49.8 Å². The fourth-order valence-electron chi connectivity index (χ4n) is 2.33. The lowest BCUT2D eigenvalue weighted by Crippen LogP contribution is -2.16. The second-order valence-corrected chi connectivity index (χ2v) is 8.77. The molecule has 0 aliphatic rings. The molecule has 0 aliphatic carbocycles. The summed E-state index contributed by atoms with van der Waals surface area (Å²) in [5.74, 6) is -1.37. The molecule has 2 aromatic carbocycles. The molecule has 0 aliphatic heterocycles. The van der Waals surface area contributed by atoms with Gasteiger partial charge >= 0.3 is 0 Å². The van der Waals surface area contributed by atoms with Crippen LogP contribution in [0.3, 0.4) is 0 Å². The van der Waals surface area contributed by atoms with Gasteiger partial charge in [-0.25, -0.2) is 0 Å². The van der Waals surface area contributed by atoms with Crippen molar-refractivity contribution in [1.29, 1.82) is 0 Å². The Bertz CT molecular complexity index is 750. The molecule has 2 atom stereocenters. The van der Waals surface area contributed by atoms with E-state index in [0.717, 1.165) is 5.69 Å². The third-order valence-corrected chi connectivity index (χ3v) is 6.75. The van der Waals surface area contributed by atoms with E-state index in [-0.39, 0.29) is 11.6 Å². The molecule has 2 rings (SSSR count). The van der Waals surface area contributed by atoms with Gasteiger partial charge in [0.1, 0.15) is 0 Å². The number of hydrogen-bond acceptors (Lipinski definition) is 4. The van der Waals surface area contributed by atoms with Crippen LogP contribution < -0.4 is 10.2 Å². The Hall–Kier alpha value is -1.03. The molecule has 0 fully saturated rings. The Morgan fingerprint density at radius 1 is 1.17 bits per heavy atom. The van der Waals surface area contributed by atoms with Gasteiger partial charge in [0.05, 0.1) is 6.61 Å². The van der Waals surface area contributed by atoms with E-state index in [1.165, 1.54) is 6.07 Å². The third kappa shape index (κ3) is 3.96. The van der Waals surface area contributed by atoms with Crippen LogP contribution in [0.25, 0.3) is 0 Å². The smallest absolute Gasteiger partial charge is 0.264 e. The molecule has 130 valence electrons. The molecule has 4 nitrogen and oxygen atoms in total. The van der Waals surface area contributed by atoms with Crippen LogP contribution in [0, 0.1) is 0 Å². The van der Waals surface area contributed by atoms with E-state index in [9.17, 15) is 9.67 Å². The summed E-state index contributed by atoms with van der Waals surface area (Å²) in [6.45, 7) is 1.94. The molecule has 0 bridgehead atoms. The molecular formula is C17H20Cl2NO3P. The lowest BCUT2D eigenvalue weighted by molar-refractivity contribution is 0.218. The normalized spacial score (nSPS) is 14.9. The van der Waals surface area contributed by atoms with Crippen molar-refractivity contribution in [1.82, 2.24) is 0 Å². The number of aliphatic hydroxyl groups is 1. The molecule has 0 amide bonds. The predicted octanol–water partition coefficient (Wildman–Crippen LogP) is 4.69. The fourth-order valence-corrected chi connectivity index (χ4v) is 5.03. The molecule has 1 N–H and O–H groups in total. The minimum Gasteiger partial charge on any atom is -0.378 e. The van der Waals surface area contributed by atoms with E-state index in [1.54, 1.807) is 31.2 Å². The summed E-state index contributed by atoms with van der Waals surface area (Å²) in [5.41, 5.74) is 1.29. The highest BCUT2D eigenvalue weighted by Gasteiger charge is 2.37. The first-order valence-electron chi connectivity index (χ1n) is 7.45. The maximum Gasteiger partial charge on any atom is 0.264 e. The van der Waals surface area contributed by atoms with Gasteiger partial charge in [0, 0.05) is 40.7 Å². The van der Waals surface area contributed by atoms with Crippen LogP contribution in [0.15, 0.2) is 42.5 Å². The largest absolute Gasteiger partial charge is 0.378 e. The van der Waals surface area contributed by atoms with Crippen LogP contribution in [0.2, 0.25) is 10.0 Å². The van der Waals surface area contributed by atoms with E-state index in [4.69, 9.17) is 27.7 Å². The molecule has 0 aromatic heterocycles. The zero-order valence-electron chi connectivity index (χ0n) is 13.7. The van der Waals surface area contributed by atoms with Gasteiger partial charge in [-0.2, -0.15) is 0 Å². The quantitative estimate of drug-likeness (QED) is 0.730. The standard InChI is InChI=1S/C17H20Cl2NO3P/c1-4-23-24(22,14-8-6-13(7-9-14)20(2)3)17(21)15-10-5-12(18)11-16(15)19/h5-11,17,21H,4H2,1-3H3/t17-,24-/m1/s1. The Morgan fingerprint density at radius 3 is 2.29 bits per heavy atom. The summed E-state index contributed by atoms with van der Waals surface area (Å²) >= 11 is 12.0. The molecule has 0 radical (unpaired) electrons. The Balaban J connectivity index is 2.47. The highest BCUT2D eigenvalue weighted by molar-refractivity contribution is 7.67. The number of anilines is 1. The third-order valence-electron chi connectivity index (χ3n) is 3.61. The van der Waals surface area contributed by atoms with Gasteiger partial charge in [-0.05, 0) is 43.3 Å². The molecule has 7 heteroatoms. The summed E-state index contributed by atoms with van der Waals surface area (Å²) in [6.07, 6.45) is 0. The molecule has 0 saturated carbocycles. The van der Waals surface area contributed by atoms with Crippen LogP contribution >= 0.6 is 30.6 Å².